The molecule has 96 valence electrons. The molecule has 0 radical (unpaired) electrons. The highest BCUT2D eigenvalue weighted by atomic mass is 35.5. The third-order valence-electron chi connectivity index (χ3n) is 2.80. The molecule has 2 rings (SSSR count). The maximum atomic E-state index is 6.16. The summed E-state index contributed by atoms with van der Waals surface area (Å²) in [5.41, 5.74) is 0.968. The first-order chi connectivity index (χ1) is 8.72. The van der Waals surface area contributed by atoms with Crippen LogP contribution in [0, 0.1) is 0 Å². The van der Waals surface area contributed by atoms with Gasteiger partial charge in [-0.05, 0) is 12.1 Å². The van der Waals surface area contributed by atoms with Gasteiger partial charge in [0, 0.05) is 36.6 Å². The molecule has 0 fully saturated rings. The van der Waals surface area contributed by atoms with E-state index in [1.54, 1.807) is 13.3 Å². The first-order valence-electron chi connectivity index (χ1n) is 5.70. The first kappa shape index (κ1) is 12.9. The number of imidazole rings is 1. The molecule has 5 heteroatoms. The van der Waals surface area contributed by atoms with Crippen molar-refractivity contribution >= 4 is 11.6 Å². The summed E-state index contributed by atoms with van der Waals surface area (Å²) in [5.74, 6) is 1.79. The Kier molecular flexibility index (Phi) is 4.23. The molecule has 2 aromatic rings. The monoisotopic (exact) mass is 265 g/mol. The summed E-state index contributed by atoms with van der Waals surface area (Å²) in [5, 5.41) is 4.02. The second kappa shape index (κ2) is 5.89. The predicted octanol–water partition coefficient (Wildman–Crippen LogP) is 2.37. The molecular weight excluding hydrogens is 250 g/mol. The van der Waals surface area contributed by atoms with Gasteiger partial charge in [-0.15, -0.1) is 0 Å². The van der Waals surface area contributed by atoms with E-state index >= 15 is 0 Å². The third-order valence-corrected chi connectivity index (χ3v) is 3.16. The van der Waals surface area contributed by atoms with Gasteiger partial charge in [-0.1, -0.05) is 17.7 Å². The lowest BCUT2D eigenvalue weighted by Gasteiger charge is -2.11. The average Bonchev–Trinajstić information content (AvgIpc) is 2.77. The lowest BCUT2D eigenvalue weighted by atomic mass is 10.2. The lowest BCUT2D eigenvalue weighted by molar-refractivity contribution is 0.407. The van der Waals surface area contributed by atoms with Crippen LogP contribution >= 0.6 is 11.6 Å². The molecule has 1 N–H and O–H groups in total. The summed E-state index contributed by atoms with van der Waals surface area (Å²) in [7, 11) is 3.62. The Morgan fingerprint density at radius 2 is 2.22 bits per heavy atom. The number of methoxy groups -OCH3 is 1. The fourth-order valence-corrected chi connectivity index (χ4v) is 2.00. The van der Waals surface area contributed by atoms with Crippen molar-refractivity contribution in [1.29, 1.82) is 0 Å². The van der Waals surface area contributed by atoms with E-state index in [1.165, 1.54) is 0 Å². The van der Waals surface area contributed by atoms with Crippen LogP contribution in [0.2, 0.25) is 5.02 Å². The van der Waals surface area contributed by atoms with E-state index in [2.05, 4.69) is 10.3 Å². The molecule has 18 heavy (non-hydrogen) atoms. The van der Waals surface area contributed by atoms with Crippen LogP contribution in [-0.2, 0) is 20.1 Å². The molecule has 0 saturated carbocycles. The molecule has 0 amide bonds. The van der Waals surface area contributed by atoms with Gasteiger partial charge in [0.2, 0.25) is 0 Å². The molecule has 0 unspecified atom stereocenters. The van der Waals surface area contributed by atoms with E-state index < -0.39 is 0 Å². The molecule has 1 aromatic carbocycles. The Morgan fingerprint density at radius 3 is 2.89 bits per heavy atom. The van der Waals surface area contributed by atoms with Crippen molar-refractivity contribution in [2.45, 2.75) is 13.1 Å². The number of nitrogens with zero attached hydrogens (tertiary/aromatic N) is 2. The number of hydrogen-bond acceptors (Lipinski definition) is 3. The van der Waals surface area contributed by atoms with E-state index in [0.717, 1.165) is 17.1 Å². The maximum absolute atomic E-state index is 6.16. The van der Waals surface area contributed by atoms with Crippen LogP contribution in [0.1, 0.15) is 11.4 Å². The number of ether oxygens (including phenoxy) is 1. The highest BCUT2D eigenvalue weighted by molar-refractivity contribution is 6.31. The summed E-state index contributed by atoms with van der Waals surface area (Å²) in [6, 6.07) is 5.65. The van der Waals surface area contributed by atoms with Crippen molar-refractivity contribution in [3.8, 4) is 5.75 Å². The first-order valence-corrected chi connectivity index (χ1v) is 6.08. The van der Waals surface area contributed by atoms with Crippen LogP contribution in [0.5, 0.6) is 5.75 Å². The van der Waals surface area contributed by atoms with Crippen molar-refractivity contribution in [2.75, 3.05) is 7.11 Å². The molecular formula is C13H16ClN3O. The third kappa shape index (κ3) is 2.83. The number of benzene rings is 1. The van der Waals surface area contributed by atoms with Crippen molar-refractivity contribution in [3.63, 3.8) is 0 Å². The molecule has 0 aliphatic heterocycles. The minimum atomic E-state index is 0.649. The minimum absolute atomic E-state index is 0.649. The van der Waals surface area contributed by atoms with Crippen LogP contribution in [0.3, 0.4) is 0 Å². The van der Waals surface area contributed by atoms with Crippen LogP contribution < -0.4 is 10.1 Å². The summed E-state index contributed by atoms with van der Waals surface area (Å²) in [6.07, 6.45) is 3.71. The van der Waals surface area contributed by atoms with Crippen LogP contribution in [-0.4, -0.2) is 16.7 Å². The number of hydrogen-bond donors (Lipinski definition) is 1. The van der Waals surface area contributed by atoms with E-state index in [0.29, 0.717) is 18.1 Å². The molecule has 1 aromatic heterocycles. The second-order valence-corrected chi connectivity index (χ2v) is 4.39. The topological polar surface area (TPSA) is 39.1 Å². The zero-order chi connectivity index (χ0) is 13.0. The quantitative estimate of drug-likeness (QED) is 0.902. The summed E-state index contributed by atoms with van der Waals surface area (Å²) < 4.78 is 7.28. The summed E-state index contributed by atoms with van der Waals surface area (Å²) in [4.78, 5) is 4.25. The number of halogens is 1. The van der Waals surface area contributed by atoms with Gasteiger partial charge >= 0.3 is 0 Å². The normalized spacial score (nSPS) is 10.6. The summed E-state index contributed by atoms with van der Waals surface area (Å²) >= 11 is 6.16. The van der Waals surface area contributed by atoms with E-state index in [-0.39, 0.29) is 0 Å². The Balaban J connectivity index is 2.00. The largest absolute Gasteiger partial charge is 0.496 e. The van der Waals surface area contributed by atoms with Crippen molar-refractivity contribution in [1.82, 2.24) is 14.9 Å². The molecule has 0 aliphatic rings. The number of aromatic nitrogens is 2. The van der Waals surface area contributed by atoms with Gasteiger partial charge in [-0.3, -0.25) is 0 Å². The smallest absolute Gasteiger partial charge is 0.124 e. The van der Waals surface area contributed by atoms with Gasteiger partial charge in [-0.2, -0.15) is 0 Å². The molecule has 0 bridgehead atoms. The molecule has 0 saturated heterocycles. The molecule has 4 nitrogen and oxygen atoms in total. The summed E-state index contributed by atoms with van der Waals surface area (Å²) in [6.45, 7) is 1.34. The van der Waals surface area contributed by atoms with Gasteiger partial charge in [0.25, 0.3) is 0 Å². The van der Waals surface area contributed by atoms with Gasteiger partial charge in [0.1, 0.15) is 11.6 Å². The highest BCUT2D eigenvalue weighted by Gasteiger charge is 2.07. The highest BCUT2D eigenvalue weighted by Crippen LogP contribution is 2.25. The van der Waals surface area contributed by atoms with Gasteiger partial charge in [0.15, 0.2) is 0 Å². The number of aryl methyl sites for hydroxylation is 1. The number of nitrogens with one attached hydrogen (secondary N) is 1. The van der Waals surface area contributed by atoms with Crippen LogP contribution in [0.25, 0.3) is 0 Å². The fourth-order valence-electron chi connectivity index (χ4n) is 1.77. The Morgan fingerprint density at radius 1 is 1.39 bits per heavy atom. The molecule has 0 spiro atoms. The van der Waals surface area contributed by atoms with Gasteiger partial charge in [0.05, 0.1) is 13.7 Å². The van der Waals surface area contributed by atoms with E-state index in [4.69, 9.17) is 16.3 Å². The van der Waals surface area contributed by atoms with E-state index in [1.807, 2.05) is 36.0 Å². The molecule has 0 atom stereocenters. The Bertz CT molecular complexity index is 525. The van der Waals surface area contributed by atoms with Crippen molar-refractivity contribution < 1.29 is 4.74 Å². The number of rotatable bonds is 5. The SMILES string of the molecule is COc1cccc(Cl)c1CNCc1nccn1C. The van der Waals surface area contributed by atoms with Crippen molar-refractivity contribution in [2.24, 2.45) is 7.05 Å². The zero-order valence-electron chi connectivity index (χ0n) is 10.5. The van der Waals surface area contributed by atoms with Crippen LogP contribution in [0.4, 0.5) is 0 Å². The second-order valence-electron chi connectivity index (χ2n) is 3.98. The predicted molar refractivity (Wildman–Crippen MR) is 71.8 cm³/mol. The molecule has 0 aliphatic carbocycles. The standard InChI is InChI=1S/C13H16ClN3O/c1-17-7-6-16-13(17)9-15-8-10-11(14)4-3-5-12(10)18-2/h3-7,15H,8-9H2,1-2H3. The van der Waals surface area contributed by atoms with Gasteiger partial charge < -0.3 is 14.6 Å². The molecule has 1 heterocycles. The van der Waals surface area contributed by atoms with E-state index in [9.17, 15) is 0 Å². The minimum Gasteiger partial charge on any atom is -0.496 e. The van der Waals surface area contributed by atoms with Crippen molar-refractivity contribution in [3.05, 3.63) is 47.0 Å². The van der Waals surface area contributed by atoms with Gasteiger partial charge in [-0.25, -0.2) is 4.98 Å². The maximum Gasteiger partial charge on any atom is 0.124 e. The lowest BCUT2D eigenvalue weighted by Crippen LogP contribution is -2.16. The fraction of sp³-hybridized carbons (Fsp3) is 0.308. The zero-order valence-corrected chi connectivity index (χ0v) is 11.2. The Hall–Kier alpha value is -1.52. The average molecular weight is 266 g/mol. The van der Waals surface area contributed by atoms with Crippen LogP contribution in [0.15, 0.2) is 30.6 Å². The Labute approximate surface area is 112 Å².